The Hall–Kier alpha value is -1.80. The summed E-state index contributed by atoms with van der Waals surface area (Å²) in [6, 6.07) is 2.85. The van der Waals surface area contributed by atoms with Gasteiger partial charge in [-0.3, -0.25) is 4.98 Å². The van der Waals surface area contributed by atoms with Crippen LogP contribution in [0.3, 0.4) is 0 Å². The highest BCUT2D eigenvalue weighted by molar-refractivity contribution is 7.80. The van der Waals surface area contributed by atoms with Crippen LogP contribution in [0.1, 0.15) is 60.6 Å². The van der Waals surface area contributed by atoms with E-state index in [1.807, 2.05) is 13.8 Å². The molecule has 1 saturated heterocycles. The van der Waals surface area contributed by atoms with E-state index in [1.165, 1.54) is 0 Å². The van der Waals surface area contributed by atoms with Gasteiger partial charge in [0.25, 0.3) is 0 Å². The van der Waals surface area contributed by atoms with Crippen molar-refractivity contribution in [2.45, 2.75) is 89.2 Å². The topological polar surface area (TPSA) is 86.8 Å². The molecule has 2 rings (SSSR count). The first-order valence-corrected chi connectivity index (χ1v) is 10.2. The number of hydrogen-bond acceptors (Lipinski definition) is 7. The smallest absolute Gasteiger partial charge is 0.407 e. The Morgan fingerprint density at radius 1 is 1.34 bits per heavy atom. The molecule has 0 radical (unpaired) electrons. The number of ether oxygens (including phenoxy) is 3. The van der Waals surface area contributed by atoms with E-state index in [2.05, 4.69) is 22.9 Å². The molecule has 1 N–H and O–H groups in total. The first-order chi connectivity index (χ1) is 13.2. The van der Waals surface area contributed by atoms with Crippen LogP contribution >= 0.6 is 12.6 Å². The van der Waals surface area contributed by atoms with Crippen molar-refractivity contribution >= 4 is 24.7 Å². The number of cyclic esters (lactones) is 1. The van der Waals surface area contributed by atoms with Crippen molar-refractivity contribution in [1.82, 2.24) is 10.3 Å². The van der Waals surface area contributed by atoms with Gasteiger partial charge in [-0.1, -0.05) is 13.8 Å². The van der Waals surface area contributed by atoms with Gasteiger partial charge in [0.05, 0.1) is 6.04 Å². The Labute approximate surface area is 178 Å². The molecule has 0 aromatic carbocycles. The molecule has 2 atom stereocenters. The van der Waals surface area contributed by atoms with Crippen molar-refractivity contribution in [2.24, 2.45) is 5.92 Å². The molecule has 0 aliphatic carbocycles. The summed E-state index contributed by atoms with van der Waals surface area (Å²) in [7, 11) is 0. The van der Waals surface area contributed by atoms with E-state index in [0.29, 0.717) is 12.1 Å². The molecule has 1 aromatic rings. The summed E-state index contributed by atoms with van der Waals surface area (Å²) in [6.45, 7) is 12.7. The van der Waals surface area contributed by atoms with Crippen molar-refractivity contribution < 1.29 is 23.8 Å². The summed E-state index contributed by atoms with van der Waals surface area (Å²) in [5.74, 6) is -1.48. The molecule has 7 nitrogen and oxygen atoms in total. The zero-order valence-corrected chi connectivity index (χ0v) is 19.1. The minimum atomic E-state index is -1.43. The second-order valence-electron chi connectivity index (χ2n) is 9.29. The van der Waals surface area contributed by atoms with Crippen LogP contribution < -0.4 is 5.32 Å². The summed E-state index contributed by atoms with van der Waals surface area (Å²) in [4.78, 5) is 30.7. The summed E-state index contributed by atoms with van der Waals surface area (Å²) in [5, 5.41) is 2.86. The normalized spacial score (nSPS) is 22.3. The van der Waals surface area contributed by atoms with Gasteiger partial charge < -0.3 is 19.5 Å². The SMILES string of the molecule is CC(C)C[C@H](NC(=O)OC(C)(C)C)[C@@]1(Cc2cc(S)ccn2)OC(C)(C)OC1=O. The number of rotatable bonds is 6. The molecule has 2 heterocycles. The van der Waals surface area contributed by atoms with Crippen LogP contribution in [0.15, 0.2) is 23.2 Å². The third-order valence-electron chi connectivity index (χ3n) is 4.32. The van der Waals surface area contributed by atoms with E-state index in [4.69, 9.17) is 14.2 Å². The molecule has 0 bridgehead atoms. The van der Waals surface area contributed by atoms with Crippen molar-refractivity contribution in [1.29, 1.82) is 0 Å². The van der Waals surface area contributed by atoms with E-state index in [1.54, 1.807) is 52.9 Å². The summed E-state index contributed by atoms with van der Waals surface area (Å²) in [6.07, 6.45) is 1.64. The molecule has 0 saturated carbocycles. The molecule has 0 unspecified atom stereocenters. The number of aromatic nitrogens is 1. The van der Waals surface area contributed by atoms with Gasteiger partial charge >= 0.3 is 12.1 Å². The van der Waals surface area contributed by atoms with Gasteiger partial charge in [-0.25, -0.2) is 9.59 Å². The average molecular weight is 425 g/mol. The molecule has 8 heteroatoms. The highest BCUT2D eigenvalue weighted by atomic mass is 32.1. The first kappa shape index (κ1) is 23.5. The largest absolute Gasteiger partial charge is 0.444 e. The van der Waals surface area contributed by atoms with Gasteiger partial charge in [-0.05, 0) is 45.2 Å². The Morgan fingerprint density at radius 3 is 2.48 bits per heavy atom. The molecule has 0 spiro atoms. The average Bonchev–Trinajstić information content (AvgIpc) is 2.73. The summed E-state index contributed by atoms with van der Waals surface area (Å²) >= 11 is 4.36. The van der Waals surface area contributed by atoms with Crippen LogP contribution in [0.2, 0.25) is 0 Å². The van der Waals surface area contributed by atoms with Gasteiger partial charge in [-0.2, -0.15) is 0 Å². The molecule has 162 valence electrons. The fraction of sp³-hybridized carbons (Fsp3) is 0.667. The summed E-state index contributed by atoms with van der Waals surface area (Å²) in [5.41, 5.74) is -1.48. The monoisotopic (exact) mass is 424 g/mol. The van der Waals surface area contributed by atoms with E-state index in [0.717, 1.165) is 4.90 Å². The maximum absolute atomic E-state index is 13.1. The zero-order chi connectivity index (χ0) is 22.0. The quantitative estimate of drug-likeness (QED) is 0.532. The number of thiol groups is 1. The van der Waals surface area contributed by atoms with Gasteiger partial charge in [-0.15, -0.1) is 12.6 Å². The fourth-order valence-corrected chi connectivity index (χ4v) is 3.59. The van der Waals surface area contributed by atoms with Crippen LogP contribution in [-0.4, -0.2) is 40.1 Å². The number of hydrogen-bond donors (Lipinski definition) is 2. The number of carbonyl (C=O) groups excluding carboxylic acids is 2. The molecule has 29 heavy (non-hydrogen) atoms. The van der Waals surface area contributed by atoms with Crippen LogP contribution in [0.4, 0.5) is 4.79 Å². The third-order valence-corrected chi connectivity index (χ3v) is 4.59. The van der Waals surface area contributed by atoms with Gasteiger partial charge in [0.15, 0.2) is 5.60 Å². The van der Waals surface area contributed by atoms with Crippen molar-refractivity contribution in [2.75, 3.05) is 0 Å². The second kappa shape index (κ2) is 8.52. The molecule has 1 aliphatic heterocycles. The predicted octanol–water partition coefficient (Wildman–Crippen LogP) is 3.90. The maximum atomic E-state index is 13.1. The fourth-order valence-electron chi connectivity index (χ4n) is 3.37. The highest BCUT2D eigenvalue weighted by Crippen LogP contribution is 2.39. The van der Waals surface area contributed by atoms with E-state index in [-0.39, 0.29) is 12.3 Å². The number of amides is 1. The second-order valence-corrected chi connectivity index (χ2v) is 9.81. The molecular weight excluding hydrogens is 392 g/mol. The van der Waals surface area contributed by atoms with Crippen LogP contribution in [0, 0.1) is 5.92 Å². The van der Waals surface area contributed by atoms with Crippen LogP contribution in [0.25, 0.3) is 0 Å². The van der Waals surface area contributed by atoms with Crippen molar-refractivity contribution in [3.8, 4) is 0 Å². The minimum absolute atomic E-state index is 0.136. The lowest BCUT2D eigenvalue weighted by atomic mass is 9.84. The number of alkyl carbamates (subject to hydrolysis) is 1. The standard InChI is InChI=1S/C21H32N2O5S/c1-13(2)10-16(23-18(25)27-19(3,4)5)21(17(24)26-20(6,7)28-21)12-14-11-15(29)8-9-22-14/h8-9,11,13,16H,10,12H2,1-7H3,(H,22,29)(H,23,25)/t16-,21+/m0/s1. The lowest BCUT2D eigenvalue weighted by Gasteiger charge is -2.36. The zero-order valence-electron chi connectivity index (χ0n) is 18.2. The number of nitrogens with one attached hydrogen (secondary N) is 1. The van der Waals surface area contributed by atoms with Gasteiger partial charge in [0, 0.05) is 37.1 Å². The van der Waals surface area contributed by atoms with E-state index in [9.17, 15) is 9.59 Å². The van der Waals surface area contributed by atoms with Crippen molar-refractivity contribution in [3.05, 3.63) is 24.0 Å². The molecule has 1 fully saturated rings. The molecular formula is C21H32N2O5S. The van der Waals surface area contributed by atoms with E-state index < -0.39 is 35.1 Å². The number of pyridine rings is 1. The van der Waals surface area contributed by atoms with Crippen LogP contribution in [-0.2, 0) is 25.4 Å². The lowest BCUT2D eigenvalue weighted by Crippen LogP contribution is -2.59. The van der Waals surface area contributed by atoms with Gasteiger partial charge in [0.1, 0.15) is 5.60 Å². The Morgan fingerprint density at radius 2 is 2.00 bits per heavy atom. The minimum Gasteiger partial charge on any atom is -0.444 e. The highest BCUT2D eigenvalue weighted by Gasteiger charge is 2.59. The molecule has 1 amide bonds. The molecule has 1 aromatic heterocycles. The molecule has 1 aliphatic rings. The number of carbonyl (C=O) groups is 2. The van der Waals surface area contributed by atoms with E-state index >= 15 is 0 Å². The number of nitrogens with zero attached hydrogens (tertiary/aromatic N) is 1. The number of esters is 1. The Balaban J connectivity index is 2.44. The van der Waals surface area contributed by atoms with Gasteiger partial charge in [0.2, 0.25) is 5.79 Å². The third kappa shape index (κ3) is 6.34. The first-order valence-electron chi connectivity index (χ1n) is 9.79. The van der Waals surface area contributed by atoms with Crippen LogP contribution in [0.5, 0.6) is 0 Å². The van der Waals surface area contributed by atoms with Crippen molar-refractivity contribution in [3.63, 3.8) is 0 Å². The predicted molar refractivity (Wildman–Crippen MR) is 112 cm³/mol. The summed E-state index contributed by atoms with van der Waals surface area (Å²) < 4.78 is 17.1. The Bertz CT molecular complexity index is 760. The maximum Gasteiger partial charge on any atom is 0.407 e. The Kier molecular flexibility index (Phi) is 6.89. The lowest BCUT2D eigenvalue weighted by molar-refractivity contribution is -0.170.